The fourth-order valence-electron chi connectivity index (χ4n) is 1.79. The van der Waals surface area contributed by atoms with Crippen molar-refractivity contribution in [1.29, 1.82) is 0 Å². The maximum absolute atomic E-state index is 6.14. The number of halogens is 2. The van der Waals surface area contributed by atoms with Gasteiger partial charge in [-0.2, -0.15) is 0 Å². The van der Waals surface area contributed by atoms with Crippen LogP contribution < -0.4 is 10.6 Å². The molecule has 0 amide bonds. The zero-order valence-electron chi connectivity index (χ0n) is 12.6. The lowest BCUT2D eigenvalue weighted by molar-refractivity contribution is 0.145. The van der Waals surface area contributed by atoms with Gasteiger partial charge in [-0.05, 0) is 37.5 Å². The molecule has 0 aliphatic carbocycles. The summed E-state index contributed by atoms with van der Waals surface area (Å²) < 4.78 is 5.29. The molecule has 0 aromatic heterocycles. The zero-order chi connectivity index (χ0) is 15.5. The highest BCUT2D eigenvalue weighted by Gasteiger charge is 2.02. The third-order valence-corrected chi connectivity index (χ3v) is 3.47. The number of benzene rings is 1. The monoisotopic (exact) mass is 331 g/mol. The predicted octanol–water partition coefficient (Wildman–Crippen LogP) is 3.13. The minimum atomic E-state index is 0.656. The summed E-state index contributed by atoms with van der Waals surface area (Å²) in [5.41, 5.74) is 1.07. The predicted molar refractivity (Wildman–Crippen MR) is 90.6 cm³/mol. The van der Waals surface area contributed by atoms with Crippen LogP contribution in [0.4, 0.5) is 0 Å². The molecule has 118 valence electrons. The molecule has 0 aliphatic rings. The average Bonchev–Trinajstić information content (AvgIpc) is 2.47. The van der Waals surface area contributed by atoms with Gasteiger partial charge in [0.1, 0.15) is 0 Å². The maximum Gasteiger partial charge on any atom is 0.190 e. The normalized spacial score (nSPS) is 11.5. The lowest BCUT2D eigenvalue weighted by Gasteiger charge is -2.12. The van der Waals surface area contributed by atoms with E-state index in [-0.39, 0.29) is 0 Å². The summed E-state index contributed by atoms with van der Waals surface area (Å²) in [5.74, 6) is 0.789. The van der Waals surface area contributed by atoms with E-state index >= 15 is 0 Å². The SMILES string of the molecule is CCOCCCNC(=NC)NCCc1ccc(Cl)cc1Cl. The molecular weight excluding hydrogens is 309 g/mol. The number of nitrogens with zero attached hydrogens (tertiary/aromatic N) is 1. The summed E-state index contributed by atoms with van der Waals surface area (Å²) in [6.07, 6.45) is 1.77. The second-order valence-corrected chi connectivity index (χ2v) is 5.31. The first-order valence-corrected chi connectivity index (χ1v) is 7.89. The molecule has 0 unspecified atom stereocenters. The number of nitrogens with one attached hydrogen (secondary N) is 2. The second kappa shape index (κ2) is 10.7. The van der Waals surface area contributed by atoms with Gasteiger partial charge in [0.25, 0.3) is 0 Å². The summed E-state index contributed by atoms with van der Waals surface area (Å²) >= 11 is 12.0. The van der Waals surface area contributed by atoms with Crippen molar-refractivity contribution >= 4 is 29.2 Å². The van der Waals surface area contributed by atoms with Gasteiger partial charge in [0.05, 0.1) is 0 Å². The van der Waals surface area contributed by atoms with Crippen molar-refractivity contribution in [3.63, 3.8) is 0 Å². The Morgan fingerprint density at radius 1 is 1.24 bits per heavy atom. The van der Waals surface area contributed by atoms with Gasteiger partial charge in [-0.3, -0.25) is 4.99 Å². The minimum Gasteiger partial charge on any atom is -0.382 e. The third kappa shape index (κ3) is 7.55. The molecule has 0 bridgehead atoms. The summed E-state index contributed by atoms with van der Waals surface area (Å²) in [7, 11) is 1.76. The number of guanidine groups is 1. The summed E-state index contributed by atoms with van der Waals surface area (Å²) in [6, 6.07) is 5.56. The molecule has 0 heterocycles. The first kappa shape index (κ1) is 18.1. The Kier molecular flexibility index (Phi) is 9.22. The Bertz CT molecular complexity index is 453. The van der Waals surface area contributed by atoms with Crippen LogP contribution in [-0.4, -0.2) is 39.3 Å². The quantitative estimate of drug-likeness (QED) is 0.437. The Balaban J connectivity index is 2.26. The molecular formula is C15H23Cl2N3O. The summed E-state index contributed by atoms with van der Waals surface area (Å²) in [4.78, 5) is 4.17. The number of hydrogen-bond acceptors (Lipinski definition) is 2. The Morgan fingerprint density at radius 2 is 2.00 bits per heavy atom. The van der Waals surface area contributed by atoms with Gasteiger partial charge < -0.3 is 15.4 Å². The van der Waals surface area contributed by atoms with Crippen LogP contribution in [0.25, 0.3) is 0 Å². The number of ether oxygens (including phenoxy) is 1. The van der Waals surface area contributed by atoms with Crippen LogP contribution in [0, 0.1) is 0 Å². The molecule has 0 fully saturated rings. The van der Waals surface area contributed by atoms with Crippen molar-refractivity contribution in [2.24, 2.45) is 4.99 Å². The van der Waals surface area contributed by atoms with Crippen molar-refractivity contribution in [3.05, 3.63) is 33.8 Å². The van der Waals surface area contributed by atoms with E-state index in [9.17, 15) is 0 Å². The topological polar surface area (TPSA) is 45.6 Å². The standard InChI is InChI=1S/C15H23Cl2N3O/c1-3-21-10-4-8-19-15(18-2)20-9-7-12-5-6-13(16)11-14(12)17/h5-6,11H,3-4,7-10H2,1-2H3,(H2,18,19,20). The van der Waals surface area contributed by atoms with Gasteiger partial charge in [0.2, 0.25) is 0 Å². The van der Waals surface area contributed by atoms with Gasteiger partial charge in [0.15, 0.2) is 5.96 Å². The molecule has 0 spiro atoms. The molecule has 21 heavy (non-hydrogen) atoms. The average molecular weight is 332 g/mol. The molecule has 2 N–H and O–H groups in total. The molecule has 0 saturated carbocycles. The van der Waals surface area contributed by atoms with Gasteiger partial charge in [-0.1, -0.05) is 29.3 Å². The molecule has 1 rings (SSSR count). The van der Waals surface area contributed by atoms with E-state index < -0.39 is 0 Å². The summed E-state index contributed by atoms with van der Waals surface area (Å²) in [5, 5.41) is 7.85. The van der Waals surface area contributed by atoms with E-state index in [1.807, 2.05) is 19.1 Å². The maximum atomic E-state index is 6.14. The number of hydrogen-bond donors (Lipinski definition) is 2. The summed E-state index contributed by atoms with van der Waals surface area (Å²) in [6.45, 7) is 5.11. The van der Waals surface area contributed by atoms with Gasteiger partial charge in [0, 0.05) is 43.4 Å². The largest absolute Gasteiger partial charge is 0.382 e. The minimum absolute atomic E-state index is 0.656. The van der Waals surface area contributed by atoms with E-state index in [0.717, 1.165) is 50.7 Å². The van der Waals surface area contributed by atoms with E-state index in [1.165, 1.54) is 0 Å². The van der Waals surface area contributed by atoms with Crippen LogP contribution in [0.5, 0.6) is 0 Å². The highest BCUT2D eigenvalue weighted by Crippen LogP contribution is 2.20. The van der Waals surface area contributed by atoms with E-state index in [2.05, 4.69) is 15.6 Å². The van der Waals surface area contributed by atoms with Crippen LogP contribution >= 0.6 is 23.2 Å². The highest BCUT2D eigenvalue weighted by molar-refractivity contribution is 6.35. The van der Waals surface area contributed by atoms with Crippen molar-refractivity contribution in [2.75, 3.05) is 33.4 Å². The van der Waals surface area contributed by atoms with Crippen LogP contribution in [-0.2, 0) is 11.2 Å². The number of rotatable bonds is 8. The second-order valence-electron chi connectivity index (χ2n) is 4.46. The van der Waals surface area contributed by atoms with Gasteiger partial charge in [-0.15, -0.1) is 0 Å². The van der Waals surface area contributed by atoms with Gasteiger partial charge in [-0.25, -0.2) is 0 Å². The van der Waals surface area contributed by atoms with Crippen LogP contribution in [0.15, 0.2) is 23.2 Å². The lowest BCUT2D eigenvalue weighted by Crippen LogP contribution is -2.39. The highest BCUT2D eigenvalue weighted by atomic mass is 35.5. The zero-order valence-corrected chi connectivity index (χ0v) is 14.1. The molecule has 6 heteroatoms. The van der Waals surface area contributed by atoms with Crippen molar-refractivity contribution in [1.82, 2.24) is 10.6 Å². The van der Waals surface area contributed by atoms with Gasteiger partial charge >= 0.3 is 0 Å². The molecule has 0 radical (unpaired) electrons. The van der Waals surface area contributed by atoms with Crippen LogP contribution in [0.2, 0.25) is 10.0 Å². The van der Waals surface area contributed by atoms with Crippen molar-refractivity contribution in [2.45, 2.75) is 19.8 Å². The van der Waals surface area contributed by atoms with E-state index in [4.69, 9.17) is 27.9 Å². The molecule has 1 aromatic rings. The first-order valence-electron chi connectivity index (χ1n) is 7.13. The lowest BCUT2D eigenvalue weighted by atomic mass is 10.1. The first-order chi connectivity index (χ1) is 10.2. The molecule has 0 aliphatic heterocycles. The van der Waals surface area contributed by atoms with Crippen molar-refractivity contribution < 1.29 is 4.74 Å². The molecule has 4 nitrogen and oxygen atoms in total. The third-order valence-electron chi connectivity index (χ3n) is 2.89. The fourth-order valence-corrected chi connectivity index (χ4v) is 2.29. The van der Waals surface area contributed by atoms with Crippen LogP contribution in [0.1, 0.15) is 18.9 Å². The smallest absolute Gasteiger partial charge is 0.190 e. The number of aliphatic imine (C=N–C) groups is 1. The van der Waals surface area contributed by atoms with Crippen LogP contribution in [0.3, 0.4) is 0 Å². The Labute approximate surface area is 136 Å². The van der Waals surface area contributed by atoms with Crippen molar-refractivity contribution in [3.8, 4) is 0 Å². The Hall–Kier alpha value is -0.970. The molecule has 0 atom stereocenters. The fraction of sp³-hybridized carbons (Fsp3) is 0.533. The van der Waals surface area contributed by atoms with E-state index in [0.29, 0.717) is 10.0 Å². The molecule has 0 saturated heterocycles. The van der Waals surface area contributed by atoms with E-state index in [1.54, 1.807) is 13.1 Å². The molecule has 1 aromatic carbocycles. The Morgan fingerprint density at radius 3 is 2.67 bits per heavy atom.